The molecule has 0 aromatic heterocycles. The van der Waals surface area contributed by atoms with Crippen LogP contribution in [0.25, 0.3) is 0 Å². The maximum absolute atomic E-state index is 10.5. The summed E-state index contributed by atoms with van der Waals surface area (Å²) in [6.07, 6.45) is 1.01. The van der Waals surface area contributed by atoms with Crippen molar-refractivity contribution < 1.29 is 9.84 Å². The Labute approximate surface area is 140 Å². The molecule has 0 spiro atoms. The zero-order valence-electron chi connectivity index (χ0n) is 10.8. The Balaban J connectivity index is 1.90. The number of fused-ring (bicyclic) bond motifs is 1. The summed E-state index contributed by atoms with van der Waals surface area (Å²) in [6, 6.07) is 12.1. The summed E-state index contributed by atoms with van der Waals surface area (Å²) in [5.74, 6) is 0.957. The Morgan fingerprint density at radius 1 is 1.30 bits per heavy atom. The summed E-state index contributed by atoms with van der Waals surface area (Å²) >= 11 is 5.80. The van der Waals surface area contributed by atoms with E-state index in [0.717, 1.165) is 37.9 Å². The van der Waals surface area contributed by atoms with Crippen LogP contribution in [0.2, 0.25) is 0 Å². The van der Waals surface area contributed by atoms with Crippen molar-refractivity contribution in [1.29, 1.82) is 0 Å². The maximum atomic E-state index is 10.5. The van der Waals surface area contributed by atoms with E-state index in [0.29, 0.717) is 6.42 Å². The Morgan fingerprint density at radius 2 is 2.10 bits per heavy atom. The molecule has 0 fully saturated rings. The molecule has 2 nitrogen and oxygen atoms in total. The summed E-state index contributed by atoms with van der Waals surface area (Å²) in [6.45, 7) is 0.734. The monoisotopic (exact) mass is 444 g/mol. The molecular weight excluding hydrogens is 431 g/mol. The van der Waals surface area contributed by atoms with Gasteiger partial charge >= 0.3 is 0 Å². The molecule has 1 N–H and O–H groups in total. The molecule has 1 heterocycles. The first-order valence-electron chi connectivity index (χ1n) is 6.52. The molecule has 0 saturated heterocycles. The van der Waals surface area contributed by atoms with Crippen molar-refractivity contribution in [2.75, 3.05) is 6.61 Å². The minimum atomic E-state index is -0.509. The van der Waals surface area contributed by atoms with E-state index in [1.54, 1.807) is 0 Å². The summed E-state index contributed by atoms with van der Waals surface area (Å²) in [4.78, 5) is 0. The van der Waals surface area contributed by atoms with Gasteiger partial charge in [0.1, 0.15) is 5.75 Å². The quantitative estimate of drug-likeness (QED) is 0.716. The molecule has 1 unspecified atom stereocenters. The molecule has 1 aliphatic rings. The first kappa shape index (κ1) is 14.4. The van der Waals surface area contributed by atoms with Gasteiger partial charge in [0, 0.05) is 20.9 Å². The van der Waals surface area contributed by atoms with E-state index in [1.165, 1.54) is 5.56 Å². The van der Waals surface area contributed by atoms with E-state index in [4.69, 9.17) is 4.74 Å². The van der Waals surface area contributed by atoms with Gasteiger partial charge in [0.2, 0.25) is 0 Å². The predicted octanol–water partition coefficient (Wildman–Crippen LogP) is 4.26. The third-order valence-corrected chi connectivity index (χ3v) is 4.94. The van der Waals surface area contributed by atoms with Gasteiger partial charge in [0.15, 0.2) is 0 Å². The van der Waals surface area contributed by atoms with Crippen LogP contribution in [0.4, 0.5) is 0 Å². The van der Waals surface area contributed by atoms with E-state index >= 15 is 0 Å². The van der Waals surface area contributed by atoms with Crippen LogP contribution in [0, 0.1) is 3.57 Å². The van der Waals surface area contributed by atoms with Crippen LogP contribution in [0.1, 0.15) is 22.8 Å². The summed E-state index contributed by atoms with van der Waals surface area (Å²) in [5.41, 5.74) is 3.27. The lowest BCUT2D eigenvalue weighted by molar-refractivity contribution is 0.176. The third kappa shape index (κ3) is 2.87. The number of rotatable bonds is 3. The lowest BCUT2D eigenvalue weighted by Crippen LogP contribution is -2.05. The molecule has 1 atom stereocenters. The van der Waals surface area contributed by atoms with Gasteiger partial charge in [0.25, 0.3) is 0 Å². The molecule has 2 aromatic carbocycles. The largest absolute Gasteiger partial charge is 0.493 e. The second-order valence-electron chi connectivity index (χ2n) is 4.89. The highest BCUT2D eigenvalue weighted by Gasteiger charge is 2.20. The van der Waals surface area contributed by atoms with Gasteiger partial charge in [-0.2, -0.15) is 0 Å². The second-order valence-corrected chi connectivity index (χ2v) is 6.97. The SMILES string of the molecule is OC(Cc1cc(Br)cc2c1OCC2)c1ccccc1I. The van der Waals surface area contributed by atoms with Gasteiger partial charge in [-0.05, 0) is 57.5 Å². The average Bonchev–Trinajstić information content (AvgIpc) is 2.87. The number of hydrogen-bond acceptors (Lipinski definition) is 2. The number of halogens is 2. The van der Waals surface area contributed by atoms with Crippen LogP contribution in [0.3, 0.4) is 0 Å². The zero-order chi connectivity index (χ0) is 14.1. The fraction of sp³-hybridized carbons (Fsp3) is 0.250. The van der Waals surface area contributed by atoms with Gasteiger partial charge < -0.3 is 9.84 Å². The van der Waals surface area contributed by atoms with Crippen LogP contribution in [-0.4, -0.2) is 11.7 Å². The highest BCUT2D eigenvalue weighted by Crippen LogP contribution is 2.35. The molecule has 0 amide bonds. The molecule has 20 heavy (non-hydrogen) atoms. The van der Waals surface area contributed by atoms with Gasteiger partial charge in [-0.25, -0.2) is 0 Å². The fourth-order valence-electron chi connectivity index (χ4n) is 2.56. The van der Waals surface area contributed by atoms with Crippen molar-refractivity contribution in [3.05, 3.63) is 61.1 Å². The standard InChI is InChI=1S/C16H14BrIO2/c17-12-7-10-5-6-20-16(10)11(8-12)9-15(19)13-3-1-2-4-14(13)18/h1-4,7-8,15,19H,5-6,9H2. The van der Waals surface area contributed by atoms with E-state index in [1.807, 2.05) is 30.3 Å². The molecule has 1 aliphatic heterocycles. The first-order chi connectivity index (χ1) is 9.65. The van der Waals surface area contributed by atoms with Crippen LogP contribution in [0.5, 0.6) is 5.75 Å². The normalized spacial score (nSPS) is 14.8. The van der Waals surface area contributed by atoms with Gasteiger partial charge in [-0.1, -0.05) is 34.1 Å². The molecule has 2 aromatic rings. The fourth-order valence-corrected chi connectivity index (χ4v) is 3.86. The van der Waals surface area contributed by atoms with E-state index < -0.39 is 6.10 Å². The van der Waals surface area contributed by atoms with Crippen LogP contribution in [-0.2, 0) is 12.8 Å². The molecule has 0 bridgehead atoms. The van der Waals surface area contributed by atoms with E-state index in [-0.39, 0.29) is 0 Å². The molecule has 104 valence electrons. The van der Waals surface area contributed by atoms with E-state index in [2.05, 4.69) is 44.6 Å². The molecule has 3 rings (SSSR count). The average molecular weight is 445 g/mol. The summed E-state index contributed by atoms with van der Waals surface area (Å²) in [7, 11) is 0. The molecular formula is C16H14BrIO2. The van der Waals surface area contributed by atoms with Crippen molar-refractivity contribution in [3.8, 4) is 5.75 Å². The number of aliphatic hydroxyl groups is 1. The maximum Gasteiger partial charge on any atom is 0.125 e. The predicted molar refractivity (Wildman–Crippen MR) is 91.2 cm³/mol. The number of aliphatic hydroxyl groups excluding tert-OH is 1. The van der Waals surface area contributed by atoms with Gasteiger partial charge in [-0.3, -0.25) is 0 Å². The Hall–Kier alpha value is -0.590. The Kier molecular flexibility index (Phi) is 4.33. The van der Waals surface area contributed by atoms with Crippen molar-refractivity contribution in [1.82, 2.24) is 0 Å². The first-order valence-corrected chi connectivity index (χ1v) is 8.39. The zero-order valence-corrected chi connectivity index (χ0v) is 14.5. The Bertz CT molecular complexity index is 642. The minimum Gasteiger partial charge on any atom is -0.493 e. The van der Waals surface area contributed by atoms with Crippen molar-refractivity contribution >= 4 is 38.5 Å². The molecule has 4 heteroatoms. The van der Waals surface area contributed by atoms with Gasteiger partial charge in [0.05, 0.1) is 12.7 Å². The lowest BCUT2D eigenvalue weighted by Gasteiger charge is -2.15. The topological polar surface area (TPSA) is 29.5 Å². The van der Waals surface area contributed by atoms with Crippen molar-refractivity contribution in [2.45, 2.75) is 18.9 Å². The Morgan fingerprint density at radius 3 is 2.90 bits per heavy atom. The summed E-state index contributed by atoms with van der Waals surface area (Å²) in [5, 5.41) is 10.5. The lowest BCUT2D eigenvalue weighted by atomic mass is 9.99. The highest BCUT2D eigenvalue weighted by atomic mass is 127. The molecule has 0 saturated carbocycles. The molecule has 0 radical (unpaired) electrons. The van der Waals surface area contributed by atoms with Gasteiger partial charge in [-0.15, -0.1) is 0 Å². The minimum absolute atomic E-state index is 0.509. The molecule has 0 aliphatic carbocycles. The number of benzene rings is 2. The van der Waals surface area contributed by atoms with Crippen LogP contribution in [0.15, 0.2) is 40.9 Å². The number of hydrogen-bond donors (Lipinski definition) is 1. The third-order valence-electron chi connectivity index (χ3n) is 3.50. The van der Waals surface area contributed by atoms with Crippen LogP contribution < -0.4 is 4.74 Å². The van der Waals surface area contributed by atoms with Crippen LogP contribution >= 0.6 is 38.5 Å². The summed E-state index contributed by atoms with van der Waals surface area (Å²) < 4.78 is 7.85. The van der Waals surface area contributed by atoms with Crippen molar-refractivity contribution in [3.63, 3.8) is 0 Å². The number of ether oxygens (including phenoxy) is 1. The second kappa shape index (κ2) is 6.03. The van der Waals surface area contributed by atoms with Crippen molar-refractivity contribution in [2.24, 2.45) is 0 Å². The smallest absolute Gasteiger partial charge is 0.125 e. The highest BCUT2D eigenvalue weighted by molar-refractivity contribution is 14.1. The van der Waals surface area contributed by atoms with E-state index in [9.17, 15) is 5.11 Å².